The summed E-state index contributed by atoms with van der Waals surface area (Å²) in [5, 5.41) is 1.99. The van der Waals surface area contributed by atoms with Crippen LogP contribution in [-0.4, -0.2) is 10.5 Å². The zero-order chi connectivity index (χ0) is 17.2. The summed E-state index contributed by atoms with van der Waals surface area (Å²) >= 11 is 0. The Bertz CT molecular complexity index is 798. The Hall–Kier alpha value is -2.71. The Labute approximate surface area is 126 Å². The number of carbonyl (C=O) groups excluding carboxylic acids is 1. The first-order valence-electron chi connectivity index (χ1n) is 6.20. The highest BCUT2D eigenvalue weighted by Crippen LogP contribution is 2.26. The highest BCUT2D eigenvalue weighted by Gasteiger charge is 2.34. The molecule has 9 heteroatoms. The maximum Gasteiger partial charge on any atom is 0.421 e. The van der Waals surface area contributed by atoms with Crippen molar-refractivity contribution in [2.45, 2.75) is 12.7 Å². The van der Waals surface area contributed by atoms with Gasteiger partial charge in [0.15, 0.2) is 0 Å². The molecule has 4 nitrogen and oxygen atoms in total. The van der Waals surface area contributed by atoms with Gasteiger partial charge in [-0.2, -0.15) is 13.2 Å². The van der Waals surface area contributed by atoms with Gasteiger partial charge in [0.25, 0.3) is 5.56 Å². The first-order chi connectivity index (χ1) is 10.7. The van der Waals surface area contributed by atoms with E-state index in [1.54, 1.807) is 0 Å². The first-order valence-corrected chi connectivity index (χ1v) is 6.20. The van der Waals surface area contributed by atoms with Gasteiger partial charge in [-0.3, -0.25) is 9.59 Å². The Morgan fingerprint density at radius 3 is 2.52 bits per heavy atom. The van der Waals surface area contributed by atoms with Crippen LogP contribution < -0.4 is 10.9 Å². The van der Waals surface area contributed by atoms with Gasteiger partial charge in [0.05, 0.1) is 5.69 Å². The van der Waals surface area contributed by atoms with Crippen molar-refractivity contribution in [2.24, 2.45) is 0 Å². The van der Waals surface area contributed by atoms with Crippen molar-refractivity contribution < 1.29 is 26.7 Å². The first kappa shape index (κ1) is 16.7. The number of amides is 1. The van der Waals surface area contributed by atoms with Crippen LogP contribution in [0.25, 0.3) is 0 Å². The van der Waals surface area contributed by atoms with Gasteiger partial charge in [-0.25, -0.2) is 8.78 Å². The third kappa shape index (κ3) is 3.93. The molecule has 2 aromatic rings. The normalized spacial score (nSPS) is 11.3. The Morgan fingerprint density at radius 1 is 1.17 bits per heavy atom. The van der Waals surface area contributed by atoms with Crippen LogP contribution in [0.4, 0.5) is 27.6 Å². The summed E-state index contributed by atoms with van der Waals surface area (Å²) in [6.07, 6.45) is -3.87. The summed E-state index contributed by atoms with van der Waals surface area (Å²) < 4.78 is 64.7. The zero-order valence-electron chi connectivity index (χ0n) is 11.3. The van der Waals surface area contributed by atoms with Crippen molar-refractivity contribution in [1.29, 1.82) is 0 Å². The quantitative estimate of drug-likeness (QED) is 0.879. The van der Waals surface area contributed by atoms with E-state index in [0.29, 0.717) is 16.7 Å². The maximum absolute atomic E-state index is 13.4. The highest BCUT2D eigenvalue weighted by atomic mass is 19.4. The molecule has 2 rings (SSSR count). The van der Waals surface area contributed by atoms with Crippen LogP contribution in [0.1, 0.15) is 5.56 Å². The summed E-state index contributed by atoms with van der Waals surface area (Å²) in [5.74, 6) is -2.70. The molecule has 0 fully saturated rings. The number of halogens is 5. The van der Waals surface area contributed by atoms with Gasteiger partial charge in [0.1, 0.15) is 23.7 Å². The van der Waals surface area contributed by atoms with Crippen LogP contribution in [0, 0.1) is 11.6 Å². The minimum absolute atomic E-state index is 0.477. The third-order valence-corrected chi connectivity index (χ3v) is 2.84. The summed E-state index contributed by atoms with van der Waals surface area (Å²) in [7, 11) is 0. The second-order valence-corrected chi connectivity index (χ2v) is 4.53. The Kier molecular flexibility index (Phi) is 4.48. The number of benzene rings is 1. The van der Waals surface area contributed by atoms with Crippen molar-refractivity contribution in [3.63, 3.8) is 0 Å². The SMILES string of the molecule is O=C(Cn1cccc(C(F)(F)F)c1=O)Nc1cc(F)ccc1F. The van der Waals surface area contributed by atoms with E-state index in [0.717, 1.165) is 24.4 Å². The number of nitrogens with one attached hydrogen (secondary N) is 1. The molecular weight excluding hydrogens is 323 g/mol. The average Bonchev–Trinajstić information content (AvgIpc) is 2.44. The molecule has 0 unspecified atom stereocenters. The molecule has 1 N–H and O–H groups in total. The lowest BCUT2D eigenvalue weighted by Gasteiger charge is -2.11. The lowest BCUT2D eigenvalue weighted by molar-refractivity contribution is -0.139. The summed E-state index contributed by atoms with van der Waals surface area (Å²) in [6.45, 7) is -0.779. The van der Waals surface area contributed by atoms with E-state index >= 15 is 0 Å². The highest BCUT2D eigenvalue weighted by molar-refractivity contribution is 5.90. The molecule has 0 spiro atoms. The van der Waals surface area contributed by atoms with Crippen LogP contribution >= 0.6 is 0 Å². The van der Waals surface area contributed by atoms with E-state index in [4.69, 9.17) is 0 Å². The van der Waals surface area contributed by atoms with Crippen LogP contribution in [0.5, 0.6) is 0 Å². The van der Waals surface area contributed by atoms with Crippen molar-refractivity contribution in [1.82, 2.24) is 4.57 Å². The minimum atomic E-state index is -4.86. The maximum atomic E-state index is 13.4. The fourth-order valence-electron chi connectivity index (χ4n) is 1.81. The smallest absolute Gasteiger partial charge is 0.322 e. The second-order valence-electron chi connectivity index (χ2n) is 4.53. The number of hydrogen-bond acceptors (Lipinski definition) is 2. The molecule has 1 amide bonds. The van der Waals surface area contributed by atoms with Gasteiger partial charge < -0.3 is 9.88 Å². The fraction of sp³-hybridized carbons (Fsp3) is 0.143. The molecule has 0 radical (unpaired) electrons. The molecular formula is C14H9F5N2O2. The lowest BCUT2D eigenvalue weighted by Crippen LogP contribution is -2.32. The number of hydrogen-bond donors (Lipinski definition) is 1. The van der Waals surface area contributed by atoms with Crippen molar-refractivity contribution in [3.05, 3.63) is 64.1 Å². The second kappa shape index (κ2) is 6.19. The molecule has 0 bridgehead atoms. The minimum Gasteiger partial charge on any atom is -0.322 e. The predicted molar refractivity (Wildman–Crippen MR) is 70.7 cm³/mol. The largest absolute Gasteiger partial charge is 0.421 e. The number of nitrogens with zero attached hydrogens (tertiary/aromatic N) is 1. The molecule has 0 aliphatic carbocycles. The standard InChI is InChI=1S/C14H9F5N2O2/c15-8-3-4-10(16)11(6-8)20-12(22)7-21-5-1-2-9(13(21)23)14(17,18)19/h1-6H,7H2,(H,20,22). The van der Waals surface area contributed by atoms with E-state index in [1.165, 1.54) is 0 Å². The molecule has 0 saturated heterocycles. The topological polar surface area (TPSA) is 51.1 Å². The van der Waals surface area contributed by atoms with Crippen molar-refractivity contribution in [2.75, 3.05) is 5.32 Å². The van der Waals surface area contributed by atoms with Gasteiger partial charge in [-0.05, 0) is 24.3 Å². The summed E-state index contributed by atoms with van der Waals surface area (Å²) in [4.78, 5) is 23.4. The van der Waals surface area contributed by atoms with E-state index < -0.39 is 47.1 Å². The van der Waals surface area contributed by atoms with E-state index in [1.807, 2.05) is 5.32 Å². The molecule has 0 atom stereocenters. The van der Waals surface area contributed by atoms with Gasteiger partial charge in [-0.15, -0.1) is 0 Å². The van der Waals surface area contributed by atoms with E-state index in [9.17, 15) is 31.5 Å². The number of carbonyl (C=O) groups is 1. The number of aromatic nitrogens is 1. The average molecular weight is 332 g/mol. The molecule has 23 heavy (non-hydrogen) atoms. The van der Waals surface area contributed by atoms with Gasteiger partial charge in [0, 0.05) is 12.3 Å². The summed E-state index contributed by atoms with van der Waals surface area (Å²) in [5.41, 5.74) is -3.31. The molecule has 0 aliphatic heterocycles. The summed E-state index contributed by atoms with van der Waals surface area (Å²) in [6, 6.07) is 3.87. The predicted octanol–water partition coefficient (Wildman–Crippen LogP) is 2.78. The van der Waals surface area contributed by atoms with Gasteiger partial charge in [0.2, 0.25) is 5.91 Å². The van der Waals surface area contributed by atoms with Crippen LogP contribution in [0.3, 0.4) is 0 Å². The van der Waals surface area contributed by atoms with Gasteiger partial charge in [-0.1, -0.05) is 0 Å². The molecule has 1 aromatic heterocycles. The zero-order valence-corrected chi connectivity index (χ0v) is 11.3. The van der Waals surface area contributed by atoms with Crippen LogP contribution in [0.15, 0.2) is 41.3 Å². The molecule has 1 heterocycles. The van der Waals surface area contributed by atoms with Crippen molar-refractivity contribution in [3.8, 4) is 0 Å². The number of anilines is 1. The molecule has 0 saturated carbocycles. The van der Waals surface area contributed by atoms with Crippen molar-refractivity contribution >= 4 is 11.6 Å². The van der Waals surface area contributed by atoms with Gasteiger partial charge >= 0.3 is 6.18 Å². The molecule has 1 aromatic carbocycles. The fourth-order valence-corrected chi connectivity index (χ4v) is 1.81. The van der Waals surface area contributed by atoms with Crippen LogP contribution in [-0.2, 0) is 17.5 Å². The molecule has 122 valence electrons. The van der Waals surface area contributed by atoms with E-state index in [2.05, 4.69) is 0 Å². The van der Waals surface area contributed by atoms with Crippen LogP contribution in [0.2, 0.25) is 0 Å². The monoisotopic (exact) mass is 332 g/mol. The number of alkyl halides is 3. The Balaban J connectivity index is 2.21. The van der Waals surface area contributed by atoms with E-state index in [-0.39, 0.29) is 0 Å². The lowest BCUT2D eigenvalue weighted by atomic mass is 10.2. The Morgan fingerprint density at radius 2 is 1.87 bits per heavy atom. The third-order valence-electron chi connectivity index (χ3n) is 2.84. The molecule has 0 aliphatic rings. The number of rotatable bonds is 3. The number of pyridine rings is 1.